The van der Waals surface area contributed by atoms with Crippen molar-refractivity contribution in [1.82, 2.24) is 9.55 Å². The molecule has 0 saturated carbocycles. The second-order valence-corrected chi connectivity index (χ2v) is 9.75. The molecule has 1 aromatic heterocycles. The third-order valence-electron chi connectivity index (χ3n) is 6.06. The molecule has 0 fully saturated rings. The smallest absolute Gasteiger partial charge is 0.389 e. The summed E-state index contributed by atoms with van der Waals surface area (Å²) in [7, 11) is 1.96. The second kappa shape index (κ2) is 17.4. The van der Waals surface area contributed by atoms with Crippen LogP contribution in [0.1, 0.15) is 57.8 Å². The average molecular weight is 573 g/mol. The van der Waals surface area contributed by atoms with Crippen molar-refractivity contribution in [2.45, 2.75) is 59.1 Å². The maximum absolute atomic E-state index is 12.4. The molecule has 0 bridgehead atoms. The fraction of sp³-hybridized carbons (Fsp3) is 0.364. The molecule has 216 valence electrons. The lowest BCUT2D eigenvalue weighted by Crippen LogP contribution is -2.08. The van der Waals surface area contributed by atoms with Gasteiger partial charge in [0.05, 0.1) is 17.3 Å². The first-order chi connectivity index (χ1) is 19.2. The van der Waals surface area contributed by atoms with Crippen molar-refractivity contribution >= 4 is 17.7 Å². The third-order valence-corrected chi connectivity index (χ3v) is 6.38. The Balaban J connectivity index is 1.93. The minimum Gasteiger partial charge on any atom is -0.494 e. The molecule has 1 unspecified atom stereocenters. The lowest BCUT2D eigenvalue weighted by molar-refractivity contribution is -0.137. The first kappa shape index (κ1) is 33.0. The van der Waals surface area contributed by atoms with Crippen LogP contribution < -0.4 is 0 Å². The number of hydrogen-bond donors (Lipinski definition) is 0. The summed E-state index contributed by atoms with van der Waals surface area (Å²) in [6, 6.07) is 6.09. The van der Waals surface area contributed by atoms with Gasteiger partial charge in [0.2, 0.25) is 0 Å². The fourth-order valence-corrected chi connectivity index (χ4v) is 4.18. The van der Waals surface area contributed by atoms with E-state index < -0.39 is 12.6 Å². The molecule has 0 radical (unpaired) electrons. The number of aromatic nitrogens is 2. The van der Waals surface area contributed by atoms with Crippen molar-refractivity contribution in [3.8, 4) is 11.3 Å². The number of rotatable bonds is 15. The molecule has 1 heterocycles. The summed E-state index contributed by atoms with van der Waals surface area (Å²) >= 11 is 6.48. The van der Waals surface area contributed by atoms with Crippen LogP contribution in [0.4, 0.5) is 13.2 Å². The highest BCUT2D eigenvalue weighted by molar-refractivity contribution is 6.33. The van der Waals surface area contributed by atoms with Gasteiger partial charge in [0.25, 0.3) is 0 Å². The zero-order valence-electron chi connectivity index (χ0n) is 23.8. The van der Waals surface area contributed by atoms with Crippen molar-refractivity contribution < 1.29 is 17.9 Å². The number of nitrogens with zero attached hydrogens (tertiary/aromatic N) is 2. The number of allylic oxidation sites excluding steroid dienone is 10. The van der Waals surface area contributed by atoms with E-state index in [4.69, 9.17) is 21.3 Å². The van der Waals surface area contributed by atoms with E-state index in [2.05, 4.69) is 25.1 Å². The van der Waals surface area contributed by atoms with Gasteiger partial charge in [-0.2, -0.15) is 13.2 Å². The summed E-state index contributed by atoms with van der Waals surface area (Å²) in [6.45, 7) is 5.96. The van der Waals surface area contributed by atoms with E-state index in [1.54, 1.807) is 6.08 Å². The summed E-state index contributed by atoms with van der Waals surface area (Å²) in [5, 5.41) is 0.704. The predicted molar refractivity (Wildman–Crippen MR) is 162 cm³/mol. The van der Waals surface area contributed by atoms with Crippen molar-refractivity contribution in [2.75, 3.05) is 6.61 Å². The number of aryl methyl sites for hydroxylation is 2. The molecule has 1 atom stereocenters. The molecular formula is C33H40ClF3N2O. The molecule has 0 aliphatic carbocycles. The van der Waals surface area contributed by atoms with E-state index in [1.807, 2.05) is 92.4 Å². The zero-order valence-corrected chi connectivity index (χ0v) is 24.6. The highest BCUT2D eigenvalue weighted by Gasteiger charge is 2.26. The van der Waals surface area contributed by atoms with Gasteiger partial charge in [-0.15, -0.1) is 0 Å². The minimum absolute atomic E-state index is 0.0201. The molecule has 7 heteroatoms. The largest absolute Gasteiger partial charge is 0.494 e. The summed E-state index contributed by atoms with van der Waals surface area (Å²) in [4.78, 5) is 4.73. The Morgan fingerprint density at radius 3 is 2.60 bits per heavy atom. The summed E-state index contributed by atoms with van der Waals surface area (Å²) in [5.41, 5.74) is 2.95. The number of alkyl halides is 3. The zero-order chi connectivity index (χ0) is 29.4. The van der Waals surface area contributed by atoms with Gasteiger partial charge in [-0.1, -0.05) is 79.3 Å². The van der Waals surface area contributed by atoms with Crippen LogP contribution in [0, 0.1) is 5.92 Å². The van der Waals surface area contributed by atoms with Crippen molar-refractivity contribution in [3.05, 3.63) is 107 Å². The van der Waals surface area contributed by atoms with E-state index in [0.29, 0.717) is 10.8 Å². The van der Waals surface area contributed by atoms with Gasteiger partial charge in [-0.05, 0) is 75.3 Å². The van der Waals surface area contributed by atoms with Crippen molar-refractivity contribution in [1.29, 1.82) is 0 Å². The standard InChI is InChI=1S/C33H40ClF3N2O/c1-5-8-16-28(40-23-13-22-33(35,36)37)20-18-27(14-6-2)15-11-9-10-12-17-32-38-31(25-39(32)4)29-21-19-26(7-3)24-30(29)34/h5-6,8-10,12,14,16-21,24-25,27H,7,11,13,15,22-23H2,1-4H3/b8-5-,10-9+,14-6-,17-12+,20-18+,28-16+. The summed E-state index contributed by atoms with van der Waals surface area (Å²) in [5.74, 6) is 1.55. The molecule has 2 rings (SSSR count). The number of imidazole rings is 1. The molecule has 3 nitrogen and oxygen atoms in total. The SMILES string of the molecule is C\C=C/C=C(\C=C\C(/C=C\C)CC/C=C/C=C/c1nc(-c2ccc(CC)cc2Cl)cn1C)OCCCC(F)(F)F. The third kappa shape index (κ3) is 12.3. The van der Waals surface area contributed by atoms with Crippen LogP contribution in [0.3, 0.4) is 0 Å². The van der Waals surface area contributed by atoms with E-state index in [0.717, 1.165) is 36.3 Å². The quantitative estimate of drug-likeness (QED) is 0.0918. The molecular weight excluding hydrogens is 533 g/mol. The number of halogens is 4. The van der Waals surface area contributed by atoms with Gasteiger partial charge >= 0.3 is 6.18 Å². The molecule has 0 aliphatic heterocycles. The van der Waals surface area contributed by atoms with Crippen LogP contribution in [0.2, 0.25) is 5.02 Å². The van der Waals surface area contributed by atoms with Gasteiger partial charge < -0.3 is 9.30 Å². The Kier molecular flexibility index (Phi) is 14.4. The van der Waals surface area contributed by atoms with Crippen LogP contribution in [0.5, 0.6) is 0 Å². The van der Waals surface area contributed by atoms with Crippen LogP contribution in [-0.4, -0.2) is 22.3 Å². The Morgan fingerprint density at radius 1 is 1.12 bits per heavy atom. The van der Waals surface area contributed by atoms with Crippen LogP contribution in [0.15, 0.2) is 90.9 Å². The maximum Gasteiger partial charge on any atom is 0.389 e. The molecule has 0 saturated heterocycles. The Hall–Kier alpha value is -3.25. The Morgan fingerprint density at radius 2 is 1.93 bits per heavy atom. The number of ether oxygens (including phenoxy) is 1. The van der Waals surface area contributed by atoms with Crippen LogP contribution in [-0.2, 0) is 18.2 Å². The first-order valence-corrected chi connectivity index (χ1v) is 14.0. The summed E-state index contributed by atoms with van der Waals surface area (Å²) in [6.07, 6.45) is 21.0. The molecule has 0 N–H and O–H groups in total. The van der Waals surface area contributed by atoms with E-state index in [1.165, 1.54) is 5.56 Å². The lowest BCUT2D eigenvalue weighted by Gasteiger charge is -2.10. The molecule has 0 amide bonds. The van der Waals surface area contributed by atoms with Crippen LogP contribution >= 0.6 is 11.6 Å². The monoisotopic (exact) mass is 572 g/mol. The van der Waals surface area contributed by atoms with Gasteiger partial charge in [0.1, 0.15) is 11.6 Å². The maximum atomic E-state index is 12.4. The van der Waals surface area contributed by atoms with Crippen molar-refractivity contribution in [2.24, 2.45) is 13.0 Å². The molecule has 40 heavy (non-hydrogen) atoms. The molecule has 1 aromatic carbocycles. The van der Waals surface area contributed by atoms with Gasteiger partial charge in [0.15, 0.2) is 0 Å². The highest BCUT2D eigenvalue weighted by atomic mass is 35.5. The normalized spacial score (nSPS) is 14.2. The van der Waals surface area contributed by atoms with Crippen LogP contribution in [0.25, 0.3) is 17.3 Å². The summed E-state index contributed by atoms with van der Waals surface area (Å²) < 4.78 is 44.8. The predicted octanol–water partition coefficient (Wildman–Crippen LogP) is 10.2. The van der Waals surface area contributed by atoms with E-state index in [-0.39, 0.29) is 18.9 Å². The highest BCUT2D eigenvalue weighted by Crippen LogP contribution is 2.28. The van der Waals surface area contributed by atoms with E-state index in [9.17, 15) is 13.2 Å². The number of benzene rings is 1. The Labute approximate surface area is 242 Å². The number of hydrogen-bond acceptors (Lipinski definition) is 2. The second-order valence-electron chi connectivity index (χ2n) is 9.34. The van der Waals surface area contributed by atoms with Gasteiger partial charge in [-0.25, -0.2) is 4.98 Å². The topological polar surface area (TPSA) is 27.1 Å². The van der Waals surface area contributed by atoms with Crippen molar-refractivity contribution in [3.63, 3.8) is 0 Å². The van der Waals surface area contributed by atoms with Gasteiger partial charge in [0, 0.05) is 25.2 Å². The Bertz CT molecular complexity index is 1230. The fourth-order valence-electron chi connectivity index (χ4n) is 3.88. The minimum atomic E-state index is -4.16. The lowest BCUT2D eigenvalue weighted by atomic mass is 10.0. The first-order valence-electron chi connectivity index (χ1n) is 13.7. The molecule has 0 spiro atoms. The van der Waals surface area contributed by atoms with E-state index >= 15 is 0 Å². The average Bonchev–Trinajstić information content (AvgIpc) is 3.28. The molecule has 0 aliphatic rings. The molecule has 2 aromatic rings. The van der Waals surface area contributed by atoms with Gasteiger partial charge in [-0.3, -0.25) is 0 Å².